The number of nitrogens with zero attached hydrogens (tertiary/aromatic N) is 9. The van der Waals surface area contributed by atoms with E-state index >= 15 is 0 Å². The number of hydrogen-bond donors (Lipinski definition) is 2. The van der Waals surface area contributed by atoms with E-state index in [1.54, 1.807) is 58.0 Å². The summed E-state index contributed by atoms with van der Waals surface area (Å²) in [6.45, 7) is 7.42. The quantitative estimate of drug-likeness (QED) is 0.150. The van der Waals surface area contributed by atoms with Crippen LogP contribution in [0.1, 0.15) is 27.9 Å². The number of carbonyl (C=O) groups is 2. The normalized spacial score (nSPS) is 13.2. The van der Waals surface area contributed by atoms with Gasteiger partial charge in [0.1, 0.15) is 34.3 Å². The van der Waals surface area contributed by atoms with Crippen LogP contribution in [0.2, 0.25) is 10.0 Å². The monoisotopic (exact) mass is 851 g/mol. The standard InChI is InChI=1S/C23H22ClFN6O2.C19H15ClFN5O/c24-17-11-15(1-3-18(17)25)21-22(30(14-28-21)6-5-29-7-9-33-10-8-29)16-2-4-20-27-12-19(23(26)32)31(20)13-16;1-2-25-10-24-17(11-3-5-14(21)13(20)7-11)18(25)12-4-6-16-23-8-15(19(22)27)26(16)9-12/h1-4,11-14H,5-10H2,(H2,26,32);3-10H,2H2,1H3,(H2,22,27). The average Bonchev–Trinajstić information content (AvgIpc) is 4.07. The fourth-order valence-corrected chi connectivity index (χ4v) is 7.53. The number of carbonyl (C=O) groups excluding carboxylic acids is 2. The van der Waals surface area contributed by atoms with Gasteiger partial charge in [-0.25, -0.2) is 28.7 Å². The molecule has 9 rings (SSSR count). The number of aromatic nitrogens is 8. The number of fused-ring (bicyclic) bond motifs is 2. The number of rotatable bonds is 10. The minimum absolute atomic E-state index is 0.0300. The highest BCUT2D eigenvalue weighted by atomic mass is 35.5. The third kappa shape index (κ3) is 7.97. The van der Waals surface area contributed by atoms with Crippen LogP contribution in [0.4, 0.5) is 8.78 Å². The van der Waals surface area contributed by atoms with Gasteiger partial charge in [0.15, 0.2) is 0 Å². The van der Waals surface area contributed by atoms with Crippen molar-refractivity contribution >= 4 is 46.3 Å². The molecule has 0 unspecified atom stereocenters. The Hall–Kier alpha value is -6.46. The molecule has 7 heterocycles. The number of imidazole rings is 4. The van der Waals surface area contributed by atoms with E-state index in [4.69, 9.17) is 39.4 Å². The predicted molar refractivity (Wildman–Crippen MR) is 224 cm³/mol. The summed E-state index contributed by atoms with van der Waals surface area (Å²) in [6, 6.07) is 16.5. The lowest BCUT2D eigenvalue weighted by molar-refractivity contribution is 0.0364. The Morgan fingerprint density at radius 3 is 1.60 bits per heavy atom. The SMILES string of the molecule is CCn1cnc(-c2ccc(F)c(Cl)c2)c1-c1ccc2ncc(C(N)=O)n2c1.NC(=O)c1cnc2ccc(-c3c(-c4ccc(F)c(Cl)c4)ncn3CCN3CCOCC3)cn12. The molecule has 2 amide bonds. The van der Waals surface area contributed by atoms with Crippen LogP contribution in [0, 0.1) is 11.6 Å². The van der Waals surface area contributed by atoms with Gasteiger partial charge in [-0.2, -0.15) is 0 Å². The largest absolute Gasteiger partial charge is 0.379 e. The maximum absolute atomic E-state index is 13.8. The van der Waals surface area contributed by atoms with Crippen molar-refractivity contribution in [2.45, 2.75) is 20.0 Å². The first-order valence-corrected chi connectivity index (χ1v) is 19.6. The van der Waals surface area contributed by atoms with Crippen molar-refractivity contribution in [1.29, 1.82) is 0 Å². The van der Waals surface area contributed by atoms with Gasteiger partial charge in [-0.05, 0) is 67.6 Å². The summed E-state index contributed by atoms with van der Waals surface area (Å²) in [5, 5.41) is 0.0629. The number of hydrogen-bond acceptors (Lipinski definition) is 8. The fourth-order valence-electron chi connectivity index (χ4n) is 7.17. The van der Waals surface area contributed by atoms with Crippen molar-refractivity contribution in [1.82, 2.24) is 42.8 Å². The summed E-state index contributed by atoms with van der Waals surface area (Å²) in [7, 11) is 0. The van der Waals surface area contributed by atoms with E-state index < -0.39 is 23.4 Å². The molecule has 6 aromatic heterocycles. The first-order chi connectivity index (χ1) is 29.0. The Bertz CT molecular complexity index is 2900. The maximum Gasteiger partial charge on any atom is 0.267 e. The van der Waals surface area contributed by atoms with Crippen LogP contribution in [0.25, 0.3) is 56.3 Å². The zero-order valence-electron chi connectivity index (χ0n) is 32.1. The van der Waals surface area contributed by atoms with Crippen LogP contribution >= 0.6 is 23.2 Å². The van der Waals surface area contributed by atoms with Gasteiger partial charge in [0.05, 0.1) is 71.1 Å². The molecule has 18 heteroatoms. The summed E-state index contributed by atoms with van der Waals surface area (Å²) in [5.74, 6) is -2.09. The summed E-state index contributed by atoms with van der Waals surface area (Å²) in [5.41, 5.74) is 18.8. The number of ether oxygens (including phenoxy) is 1. The highest BCUT2D eigenvalue weighted by Crippen LogP contribution is 2.35. The van der Waals surface area contributed by atoms with Gasteiger partial charge in [0.25, 0.3) is 11.8 Å². The van der Waals surface area contributed by atoms with E-state index in [0.29, 0.717) is 52.6 Å². The van der Waals surface area contributed by atoms with Crippen LogP contribution in [0.3, 0.4) is 0 Å². The molecule has 1 saturated heterocycles. The third-order valence-electron chi connectivity index (χ3n) is 10.2. The van der Waals surface area contributed by atoms with Gasteiger partial charge in [0.2, 0.25) is 0 Å². The predicted octanol–water partition coefficient (Wildman–Crippen LogP) is 6.86. The summed E-state index contributed by atoms with van der Waals surface area (Å²) in [4.78, 5) is 43.4. The van der Waals surface area contributed by atoms with Gasteiger partial charge in [-0.15, -0.1) is 0 Å². The number of amides is 2. The second-order valence-corrected chi connectivity index (χ2v) is 14.7. The van der Waals surface area contributed by atoms with Crippen LogP contribution in [-0.2, 0) is 17.8 Å². The van der Waals surface area contributed by atoms with E-state index in [9.17, 15) is 18.4 Å². The molecule has 0 atom stereocenters. The number of halogens is 4. The molecule has 306 valence electrons. The lowest BCUT2D eigenvalue weighted by Crippen LogP contribution is -2.38. The third-order valence-corrected chi connectivity index (χ3v) is 10.8. The van der Waals surface area contributed by atoms with Crippen molar-refractivity contribution in [3.8, 4) is 45.0 Å². The van der Waals surface area contributed by atoms with E-state index in [2.05, 4.69) is 29.4 Å². The molecule has 0 saturated carbocycles. The van der Waals surface area contributed by atoms with Gasteiger partial charge < -0.3 is 25.3 Å². The molecule has 2 aromatic carbocycles. The van der Waals surface area contributed by atoms with Crippen molar-refractivity contribution in [3.63, 3.8) is 0 Å². The number of nitrogens with two attached hydrogens (primary N) is 2. The van der Waals surface area contributed by atoms with E-state index in [1.165, 1.54) is 24.5 Å². The Labute approximate surface area is 351 Å². The van der Waals surface area contributed by atoms with E-state index in [1.807, 2.05) is 35.9 Å². The Kier molecular flexibility index (Phi) is 11.4. The fraction of sp³-hybridized carbons (Fsp3) is 0.190. The van der Waals surface area contributed by atoms with Gasteiger partial charge in [0, 0.05) is 67.4 Å². The minimum Gasteiger partial charge on any atom is -0.379 e. The van der Waals surface area contributed by atoms with E-state index in [-0.39, 0.29) is 15.7 Å². The number of pyridine rings is 2. The smallest absolute Gasteiger partial charge is 0.267 e. The Morgan fingerprint density at radius 2 is 1.13 bits per heavy atom. The molecule has 0 spiro atoms. The first kappa shape index (κ1) is 40.3. The summed E-state index contributed by atoms with van der Waals surface area (Å²) in [6.07, 6.45) is 10.0. The van der Waals surface area contributed by atoms with Crippen LogP contribution in [0.5, 0.6) is 0 Å². The minimum atomic E-state index is -0.564. The molecule has 0 aliphatic carbocycles. The number of morpholine rings is 1. The van der Waals surface area contributed by atoms with E-state index in [0.717, 1.165) is 55.4 Å². The zero-order chi connectivity index (χ0) is 42.1. The Morgan fingerprint density at radius 1 is 0.667 bits per heavy atom. The van der Waals surface area contributed by atoms with Gasteiger partial charge >= 0.3 is 0 Å². The lowest BCUT2D eigenvalue weighted by atomic mass is 10.1. The van der Waals surface area contributed by atoms with Crippen LogP contribution in [0.15, 0.2) is 98.1 Å². The molecule has 1 aliphatic rings. The second kappa shape index (κ2) is 17.0. The number of primary amides is 2. The van der Waals surface area contributed by atoms with Crippen molar-refractivity contribution in [3.05, 3.63) is 131 Å². The van der Waals surface area contributed by atoms with Crippen molar-refractivity contribution in [2.24, 2.45) is 11.5 Å². The molecule has 1 aliphatic heterocycles. The highest BCUT2D eigenvalue weighted by Gasteiger charge is 2.21. The highest BCUT2D eigenvalue weighted by molar-refractivity contribution is 6.31. The second-order valence-electron chi connectivity index (χ2n) is 13.9. The molecular formula is C42H37Cl2F2N11O3. The number of benzene rings is 2. The van der Waals surface area contributed by atoms with Crippen LogP contribution < -0.4 is 11.5 Å². The lowest BCUT2D eigenvalue weighted by Gasteiger charge is -2.26. The van der Waals surface area contributed by atoms with Gasteiger partial charge in [-0.1, -0.05) is 23.2 Å². The maximum atomic E-state index is 13.8. The molecule has 4 N–H and O–H groups in total. The molecular weight excluding hydrogens is 815 g/mol. The van der Waals surface area contributed by atoms with Crippen LogP contribution in [-0.4, -0.2) is 87.4 Å². The summed E-state index contributed by atoms with van der Waals surface area (Å²) < 4.78 is 40.1. The molecule has 8 aromatic rings. The summed E-state index contributed by atoms with van der Waals surface area (Å²) >= 11 is 12.0. The molecule has 1 fully saturated rings. The van der Waals surface area contributed by atoms with Gasteiger partial charge in [-0.3, -0.25) is 23.3 Å². The Balaban J connectivity index is 0.000000170. The molecule has 60 heavy (non-hydrogen) atoms. The molecule has 0 bridgehead atoms. The van der Waals surface area contributed by atoms with Crippen molar-refractivity contribution in [2.75, 3.05) is 32.8 Å². The zero-order valence-corrected chi connectivity index (χ0v) is 33.6. The topological polar surface area (TPSA) is 169 Å². The first-order valence-electron chi connectivity index (χ1n) is 18.9. The average molecular weight is 853 g/mol. The number of aryl methyl sites for hydroxylation is 1. The molecule has 0 radical (unpaired) electrons. The van der Waals surface area contributed by atoms with Crippen molar-refractivity contribution < 1.29 is 23.1 Å². The molecule has 14 nitrogen and oxygen atoms in total.